The second-order valence-electron chi connectivity index (χ2n) is 13.4. The lowest BCUT2D eigenvalue weighted by Crippen LogP contribution is -2.44. The minimum atomic E-state index is -0.439. The van der Waals surface area contributed by atoms with Crippen molar-refractivity contribution in [2.24, 2.45) is 7.05 Å². The number of esters is 2. The summed E-state index contributed by atoms with van der Waals surface area (Å²) in [6.45, 7) is 7.28. The van der Waals surface area contributed by atoms with Gasteiger partial charge in [-0.15, -0.1) is 5.10 Å². The van der Waals surface area contributed by atoms with E-state index >= 15 is 0 Å². The number of Topliss-reactive ketones (excluding diaryl/α,β-unsaturated/α-hetero) is 1. The summed E-state index contributed by atoms with van der Waals surface area (Å²) in [5, 5.41) is 13.6. The highest BCUT2D eigenvalue weighted by Gasteiger charge is 2.21. The van der Waals surface area contributed by atoms with Crippen LogP contribution in [-0.2, 0) is 67.7 Å². The maximum atomic E-state index is 12.7. The molecule has 0 fully saturated rings. The fourth-order valence-electron chi connectivity index (χ4n) is 5.16. The quantitative estimate of drug-likeness (QED) is 0.0570. The van der Waals surface area contributed by atoms with Crippen LogP contribution in [0.2, 0.25) is 0 Å². The Bertz CT molecular complexity index is 1430. The summed E-state index contributed by atoms with van der Waals surface area (Å²) in [6, 6.07) is 7.67. The Balaban J connectivity index is 1.63. The number of carbonyl (C=O) groups is 5. The van der Waals surface area contributed by atoms with Crippen LogP contribution in [0.4, 0.5) is 5.69 Å². The molecule has 0 spiro atoms. The fraction of sp³-hybridized carbons (Fsp3) is 0.658. The second kappa shape index (κ2) is 29.1. The van der Waals surface area contributed by atoms with Crippen molar-refractivity contribution in [3.8, 4) is 0 Å². The van der Waals surface area contributed by atoms with Gasteiger partial charge in [0.25, 0.3) is 0 Å². The molecular weight excluding hydrogens is 728 g/mol. The number of aldehydes is 1. The molecule has 18 nitrogen and oxygen atoms in total. The van der Waals surface area contributed by atoms with E-state index in [-0.39, 0.29) is 76.4 Å². The minimum Gasteiger partial charge on any atom is -0.464 e. The Hall–Kier alpha value is -4.17. The smallest absolute Gasteiger partial charge is 0.320 e. The number of carbonyl (C=O) groups excluding carboxylic acids is 5. The first kappa shape index (κ1) is 48.0. The van der Waals surface area contributed by atoms with E-state index in [0.717, 1.165) is 24.3 Å². The topological polar surface area (TPSA) is 196 Å². The van der Waals surface area contributed by atoms with E-state index in [0.29, 0.717) is 64.5 Å². The first-order valence-corrected chi connectivity index (χ1v) is 19.0. The lowest BCUT2D eigenvalue weighted by molar-refractivity contribution is -0.146. The number of likely N-dealkylation sites (N-methyl/N-ethyl adjacent to an activating group) is 3. The number of anilines is 1. The number of benzene rings is 1. The van der Waals surface area contributed by atoms with Gasteiger partial charge in [-0.2, -0.15) is 0 Å². The lowest BCUT2D eigenvalue weighted by Gasteiger charge is -2.31. The molecule has 2 aromatic rings. The van der Waals surface area contributed by atoms with Gasteiger partial charge in [-0.25, -0.2) is 0 Å². The summed E-state index contributed by atoms with van der Waals surface area (Å²) in [7, 11) is 7.50. The van der Waals surface area contributed by atoms with E-state index in [1.807, 2.05) is 48.2 Å². The number of nitrogens with one attached hydrogen (secondary N) is 2. The van der Waals surface area contributed by atoms with Crippen molar-refractivity contribution in [1.82, 2.24) is 35.0 Å². The third-order valence-electron chi connectivity index (χ3n) is 8.42. The molecule has 1 aromatic heterocycles. The normalized spacial score (nSPS) is 11.9. The summed E-state index contributed by atoms with van der Waals surface area (Å²) in [5.74, 6) is -1.06. The van der Waals surface area contributed by atoms with Crippen molar-refractivity contribution in [2.75, 3.05) is 119 Å². The van der Waals surface area contributed by atoms with Gasteiger partial charge in [-0.3, -0.25) is 33.7 Å². The maximum absolute atomic E-state index is 12.7. The zero-order valence-corrected chi connectivity index (χ0v) is 33.7. The van der Waals surface area contributed by atoms with Crippen LogP contribution in [0.3, 0.4) is 0 Å². The molecule has 0 saturated carbocycles. The van der Waals surface area contributed by atoms with Gasteiger partial charge < -0.3 is 44.0 Å². The maximum Gasteiger partial charge on any atom is 0.320 e. The van der Waals surface area contributed by atoms with Crippen LogP contribution in [0, 0.1) is 0 Å². The zero-order valence-electron chi connectivity index (χ0n) is 33.7. The van der Waals surface area contributed by atoms with Crippen LogP contribution in [0.1, 0.15) is 37.4 Å². The van der Waals surface area contributed by atoms with Gasteiger partial charge in [0, 0.05) is 51.3 Å². The SMILES string of the molecule is CCN(C)CC(Cc1ccc(NC(=O)CCOCCOCCOCc2cn(C)nn2)cc1)N(C)CC(=O)OCCC(=O)CN(C)CCNCC(=O)OCCC=O. The fourth-order valence-corrected chi connectivity index (χ4v) is 5.16. The number of ether oxygens (including phenoxy) is 5. The number of aryl methyl sites for hydroxylation is 1. The Morgan fingerprint density at radius 1 is 0.857 bits per heavy atom. The van der Waals surface area contributed by atoms with E-state index < -0.39 is 11.9 Å². The highest BCUT2D eigenvalue weighted by Crippen LogP contribution is 2.14. The summed E-state index contributed by atoms with van der Waals surface area (Å²) in [4.78, 5) is 65.4. The predicted molar refractivity (Wildman–Crippen MR) is 208 cm³/mol. The number of aromatic nitrogens is 3. The van der Waals surface area contributed by atoms with Gasteiger partial charge in [0.15, 0.2) is 0 Å². The van der Waals surface area contributed by atoms with Gasteiger partial charge in [-0.05, 0) is 51.8 Å². The number of nitrogens with zero attached hydrogens (tertiary/aromatic N) is 6. The average Bonchev–Trinajstić information content (AvgIpc) is 3.58. The van der Waals surface area contributed by atoms with Crippen molar-refractivity contribution in [1.29, 1.82) is 0 Å². The van der Waals surface area contributed by atoms with Crippen LogP contribution in [0.25, 0.3) is 0 Å². The minimum absolute atomic E-state index is 0.000121. The Kier molecular flexibility index (Phi) is 25.0. The molecule has 0 bridgehead atoms. The van der Waals surface area contributed by atoms with E-state index in [9.17, 15) is 24.0 Å². The molecule has 0 aliphatic rings. The van der Waals surface area contributed by atoms with Crippen LogP contribution < -0.4 is 10.6 Å². The lowest BCUT2D eigenvalue weighted by atomic mass is 10.0. The molecule has 0 aliphatic heterocycles. The summed E-state index contributed by atoms with van der Waals surface area (Å²) < 4.78 is 28.4. The van der Waals surface area contributed by atoms with Crippen LogP contribution in [-0.4, -0.2) is 179 Å². The number of rotatable bonds is 33. The molecule has 1 aromatic carbocycles. The molecule has 0 aliphatic carbocycles. The molecule has 1 atom stereocenters. The molecular formula is C38H62N8O10. The molecule has 1 heterocycles. The third kappa shape index (κ3) is 23.0. The number of amides is 1. The zero-order chi connectivity index (χ0) is 41.0. The largest absolute Gasteiger partial charge is 0.464 e. The van der Waals surface area contributed by atoms with E-state index in [4.69, 9.17) is 23.7 Å². The van der Waals surface area contributed by atoms with E-state index in [1.54, 1.807) is 25.0 Å². The highest BCUT2D eigenvalue weighted by molar-refractivity contribution is 5.90. The molecule has 18 heteroatoms. The first-order valence-electron chi connectivity index (χ1n) is 19.0. The number of hydrogen-bond donors (Lipinski definition) is 2. The van der Waals surface area contributed by atoms with E-state index in [2.05, 4.69) is 32.8 Å². The van der Waals surface area contributed by atoms with E-state index in [1.165, 1.54) is 0 Å². The standard InChI is InChI=1S/C38H62N8O10/c1-6-43(2)27-34(45(4)29-38(51)56-19-12-35(48)28-44(3)15-14-39-25-37(50)55-17-7-16-47)24-31-8-10-32(11-9-31)40-36(49)13-18-52-20-21-53-22-23-54-30-33-26-46(5)42-41-33/h8-11,16,26,34,39H,6-7,12-15,17-25,27-30H2,1-5H3,(H,40,49). The molecule has 0 radical (unpaired) electrons. The number of hydrogen-bond acceptors (Lipinski definition) is 16. The summed E-state index contributed by atoms with van der Waals surface area (Å²) >= 11 is 0. The molecule has 314 valence electrons. The highest BCUT2D eigenvalue weighted by atomic mass is 16.5. The van der Waals surface area contributed by atoms with Gasteiger partial charge in [-0.1, -0.05) is 24.3 Å². The van der Waals surface area contributed by atoms with Crippen molar-refractivity contribution < 1.29 is 47.7 Å². The molecule has 2 rings (SSSR count). The Morgan fingerprint density at radius 3 is 2.23 bits per heavy atom. The Labute approximate surface area is 330 Å². The molecule has 0 saturated heterocycles. The van der Waals surface area contributed by atoms with Crippen molar-refractivity contribution in [2.45, 2.75) is 45.3 Å². The number of ketones is 1. The van der Waals surface area contributed by atoms with Crippen molar-refractivity contribution in [3.63, 3.8) is 0 Å². The second-order valence-corrected chi connectivity index (χ2v) is 13.4. The molecule has 1 unspecified atom stereocenters. The van der Waals surface area contributed by atoms with Crippen LogP contribution in [0.5, 0.6) is 0 Å². The van der Waals surface area contributed by atoms with Gasteiger partial charge in [0.2, 0.25) is 5.91 Å². The van der Waals surface area contributed by atoms with Gasteiger partial charge in [0.1, 0.15) is 17.8 Å². The predicted octanol–water partition coefficient (Wildman–Crippen LogP) is 0.344. The Morgan fingerprint density at radius 2 is 1.55 bits per heavy atom. The summed E-state index contributed by atoms with van der Waals surface area (Å²) in [6.07, 6.45) is 3.64. The third-order valence-corrected chi connectivity index (χ3v) is 8.42. The average molecular weight is 791 g/mol. The molecule has 1 amide bonds. The van der Waals surface area contributed by atoms with Gasteiger partial charge in [0.05, 0.1) is 85.1 Å². The van der Waals surface area contributed by atoms with Crippen LogP contribution >= 0.6 is 0 Å². The monoisotopic (exact) mass is 790 g/mol. The molecule has 56 heavy (non-hydrogen) atoms. The van der Waals surface area contributed by atoms with Crippen molar-refractivity contribution >= 4 is 35.6 Å². The van der Waals surface area contributed by atoms with Crippen LogP contribution in [0.15, 0.2) is 30.5 Å². The van der Waals surface area contributed by atoms with Crippen molar-refractivity contribution in [3.05, 3.63) is 41.7 Å². The summed E-state index contributed by atoms with van der Waals surface area (Å²) in [5.41, 5.74) is 2.50. The first-order chi connectivity index (χ1) is 27.0. The molecule has 2 N–H and O–H groups in total. The van der Waals surface area contributed by atoms with Gasteiger partial charge >= 0.3 is 11.9 Å².